The van der Waals surface area contributed by atoms with E-state index >= 15 is 0 Å². The van der Waals surface area contributed by atoms with Crippen LogP contribution in [0, 0.1) is 5.41 Å². The summed E-state index contributed by atoms with van der Waals surface area (Å²) in [6.45, 7) is 16.5. The maximum atomic E-state index is 3.92. The molecule has 64 valence electrons. The minimum Gasteiger partial charge on any atom is -0.100 e. The quantitative estimate of drug-likeness (QED) is 0.535. The first-order valence-corrected chi connectivity index (χ1v) is 4.12. The standard InChI is InChI=1S/C11H20/c1-9(2)7-11(5,6)8-10(3)4/h1,3,7-8H2,2,4-6H3. The maximum Gasteiger partial charge on any atom is -0.0271 e. The molecule has 0 aliphatic carbocycles. The second kappa shape index (κ2) is 3.75. The van der Waals surface area contributed by atoms with Crippen LogP contribution in [0.5, 0.6) is 0 Å². The van der Waals surface area contributed by atoms with E-state index in [4.69, 9.17) is 0 Å². The number of hydrogen-bond acceptors (Lipinski definition) is 0. The minimum absolute atomic E-state index is 0.345. The summed E-state index contributed by atoms with van der Waals surface area (Å²) in [6.07, 6.45) is 2.19. The molecule has 0 fully saturated rings. The van der Waals surface area contributed by atoms with Crippen molar-refractivity contribution in [1.29, 1.82) is 0 Å². The molecule has 0 spiro atoms. The fourth-order valence-corrected chi connectivity index (χ4v) is 1.70. The third-order valence-electron chi connectivity index (χ3n) is 1.56. The molecule has 0 radical (unpaired) electrons. The van der Waals surface area contributed by atoms with E-state index in [2.05, 4.69) is 40.9 Å². The van der Waals surface area contributed by atoms with Gasteiger partial charge in [-0.25, -0.2) is 0 Å². The molecule has 0 aliphatic rings. The van der Waals surface area contributed by atoms with Crippen molar-refractivity contribution in [3.63, 3.8) is 0 Å². The average molecular weight is 152 g/mol. The molecular formula is C11H20. The van der Waals surface area contributed by atoms with Crippen molar-refractivity contribution in [1.82, 2.24) is 0 Å². The second-order valence-corrected chi connectivity index (χ2v) is 4.43. The lowest BCUT2D eigenvalue weighted by Gasteiger charge is -2.24. The maximum absolute atomic E-state index is 3.92. The van der Waals surface area contributed by atoms with Gasteiger partial charge in [-0.2, -0.15) is 0 Å². The van der Waals surface area contributed by atoms with Crippen LogP contribution in [0.3, 0.4) is 0 Å². The Morgan fingerprint density at radius 3 is 1.45 bits per heavy atom. The number of allylic oxidation sites excluding steroid dienone is 2. The molecule has 0 saturated carbocycles. The van der Waals surface area contributed by atoms with E-state index in [1.807, 2.05) is 0 Å². The van der Waals surface area contributed by atoms with Crippen molar-refractivity contribution in [3.05, 3.63) is 24.3 Å². The molecule has 0 amide bonds. The summed E-state index contributed by atoms with van der Waals surface area (Å²) in [4.78, 5) is 0. The first-order chi connectivity index (χ1) is 4.83. The van der Waals surface area contributed by atoms with Crippen LogP contribution in [-0.2, 0) is 0 Å². The largest absolute Gasteiger partial charge is 0.100 e. The van der Waals surface area contributed by atoms with Crippen LogP contribution in [-0.4, -0.2) is 0 Å². The lowest BCUT2D eigenvalue weighted by atomic mass is 9.81. The van der Waals surface area contributed by atoms with E-state index in [-0.39, 0.29) is 0 Å². The highest BCUT2D eigenvalue weighted by atomic mass is 14.2. The fourth-order valence-electron chi connectivity index (χ4n) is 1.70. The van der Waals surface area contributed by atoms with Gasteiger partial charge in [0.15, 0.2) is 0 Å². The Hall–Kier alpha value is -0.520. The molecule has 0 unspecified atom stereocenters. The van der Waals surface area contributed by atoms with Crippen LogP contribution in [0.25, 0.3) is 0 Å². The molecule has 11 heavy (non-hydrogen) atoms. The Labute approximate surface area is 71.0 Å². The van der Waals surface area contributed by atoms with Gasteiger partial charge in [-0.1, -0.05) is 25.0 Å². The van der Waals surface area contributed by atoms with Gasteiger partial charge in [0.1, 0.15) is 0 Å². The van der Waals surface area contributed by atoms with Gasteiger partial charge in [0, 0.05) is 0 Å². The van der Waals surface area contributed by atoms with Crippen molar-refractivity contribution >= 4 is 0 Å². The molecule has 0 aromatic carbocycles. The summed E-state index contributed by atoms with van der Waals surface area (Å²) in [5.74, 6) is 0. The summed E-state index contributed by atoms with van der Waals surface area (Å²) < 4.78 is 0. The van der Waals surface area contributed by atoms with Gasteiger partial charge >= 0.3 is 0 Å². The number of rotatable bonds is 4. The summed E-state index contributed by atoms with van der Waals surface area (Å²) in [5, 5.41) is 0. The smallest absolute Gasteiger partial charge is 0.0271 e. The lowest BCUT2D eigenvalue weighted by Crippen LogP contribution is -2.11. The Bertz CT molecular complexity index is 143. The monoisotopic (exact) mass is 152 g/mol. The van der Waals surface area contributed by atoms with E-state index in [9.17, 15) is 0 Å². The molecule has 0 aromatic heterocycles. The molecule has 0 bridgehead atoms. The zero-order valence-corrected chi connectivity index (χ0v) is 8.33. The van der Waals surface area contributed by atoms with Crippen molar-refractivity contribution in [2.24, 2.45) is 5.41 Å². The molecule has 0 aromatic rings. The van der Waals surface area contributed by atoms with Crippen LogP contribution >= 0.6 is 0 Å². The van der Waals surface area contributed by atoms with Gasteiger partial charge in [-0.15, -0.1) is 13.2 Å². The third-order valence-corrected chi connectivity index (χ3v) is 1.56. The highest BCUT2D eigenvalue weighted by Crippen LogP contribution is 2.30. The Balaban J connectivity index is 3.99. The van der Waals surface area contributed by atoms with Crippen molar-refractivity contribution in [2.75, 3.05) is 0 Å². The first-order valence-electron chi connectivity index (χ1n) is 4.12. The van der Waals surface area contributed by atoms with Crippen LogP contribution in [0.4, 0.5) is 0 Å². The first kappa shape index (κ1) is 10.5. The predicted octanol–water partition coefficient (Wildman–Crippen LogP) is 3.95. The third kappa shape index (κ3) is 5.90. The van der Waals surface area contributed by atoms with Crippen LogP contribution < -0.4 is 0 Å². The highest BCUT2D eigenvalue weighted by Gasteiger charge is 2.17. The zero-order chi connectivity index (χ0) is 9.07. The lowest BCUT2D eigenvalue weighted by molar-refractivity contribution is 0.359. The van der Waals surface area contributed by atoms with Gasteiger partial charge in [-0.3, -0.25) is 0 Å². The zero-order valence-electron chi connectivity index (χ0n) is 8.33. The fraction of sp³-hybridized carbons (Fsp3) is 0.636. The molecule has 0 saturated heterocycles. The van der Waals surface area contributed by atoms with E-state index in [1.54, 1.807) is 0 Å². The van der Waals surface area contributed by atoms with Gasteiger partial charge in [0.2, 0.25) is 0 Å². The van der Waals surface area contributed by atoms with Crippen LogP contribution in [0.15, 0.2) is 24.3 Å². The van der Waals surface area contributed by atoms with Crippen LogP contribution in [0.2, 0.25) is 0 Å². The molecule has 0 N–H and O–H groups in total. The Morgan fingerprint density at radius 2 is 1.27 bits per heavy atom. The van der Waals surface area contributed by atoms with Crippen LogP contribution in [0.1, 0.15) is 40.5 Å². The van der Waals surface area contributed by atoms with E-state index < -0.39 is 0 Å². The van der Waals surface area contributed by atoms with Gasteiger partial charge in [0.25, 0.3) is 0 Å². The molecule has 0 heteroatoms. The normalized spacial score (nSPS) is 11.3. The van der Waals surface area contributed by atoms with E-state index in [0.29, 0.717) is 5.41 Å². The highest BCUT2D eigenvalue weighted by molar-refractivity contribution is 5.00. The summed E-state index contributed by atoms with van der Waals surface area (Å²) >= 11 is 0. The molecule has 0 heterocycles. The van der Waals surface area contributed by atoms with E-state index in [1.165, 1.54) is 11.1 Å². The van der Waals surface area contributed by atoms with Gasteiger partial charge in [0.05, 0.1) is 0 Å². The van der Waals surface area contributed by atoms with Gasteiger partial charge < -0.3 is 0 Å². The molecule has 0 aliphatic heterocycles. The summed E-state index contributed by atoms with van der Waals surface area (Å²) in [6, 6.07) is 0. The Kier molecular flexibility index (Phi) is 3.57. The molecule has 0 atom stereocenters. The van der Waals surface area contributed by atoms with Crippen molar-refractivity contribution < 1.29 is 0 Å². The average Bonchev–Trinajstić information content (AvgIpc) is 1.53. The van der Waals surface area contributed by atoms with Gasteiger partial charge in [-0.05, 0) is 32.1 Å². The predicted molar refractivity (Wildman–Crippen MR) is 52.6 cm³/mol. The van der Waals surface area contributed by atoms with Crippen molar-refractivity contribution in [3.8, 4) is 0 Å². The SMILES string of the molecule is C=C(C)CC(C)(C)CC(=C)C. The molecule has 0 rings (SSSR count). The second-order valence-electron chi connectivity index (χ2n) is 4.43. The number of hydrogen-bond donors (Lipinski definition) is 0. The Morgan fingerprint density at radius 1 is 1.00 bits per heavy atom. The van der Waals surface area contributed by atoms with Crippen molar-refractivity contribution in [2.45, 2.75) is 40.5 Å². The minimum atomic E-state index is 0.345. The molecule has 0 nitrogen and oxygen atoms in total. The summed E-state index contributed by atoms with van der Waals surface area (Å²) in [7, 11) is 0. The topological polar surface area (TPSA) is 0 Å². The molecular weight excluding hydrogens is 132 g/mol. The van der Waals surface area contributed by atoms with E-state index in [0.717, 1.165) is 12.8 Å². The summed E-state index contributed by atoms with van der Waals surface area (Å²) in [5.41, 5.74) is 2.87.